The summed E-state index contributed by atoms with van der Waals surface area (Å²) in [6.07, 6.45) is 1.72. The molecular weight excluding hydrogens is 406 g/mol. The molecule has 2 saturated heterocycles. The number of esters is 1. The van der Waals surface area contributed by atoms with Gasteiger partial charge >= 0.3 is 5.97 Å². The third-order valence-electron chi connectivity index (χ3n) is 6.19. The molecule has 0 aromatic heterocycles. The van der Waals surface area contributed by atoms with E-state index >= 15 is 0 Å². The van der Waals surface area contributed by atoms with Crippen molar-refractivity contribution in [3.8, 4) is 0 Å². The van der Waals surface area contributed by atoms with Crippen LogP contribution in [-0.2, 0) is 19.1 Å². The molecule has 2 heterocycles. The minimum absolute atomic E-state index is 0.0782. The van der Waals surface area contributed by atoms with E-state index in [1.54, 1.807) is 4.90 Å². The van der Waals surface area contributed by atoms with Gasteiger partial charge in [-0.3, -0.25) is 14.4 Å². The summed E-state index contributed by atoms with van der Waals surface area (Å²) in [5, 5.41) is 3.00. The Morgan fingerprint density at radius 1 is 1.16 bits per heavy atom. The van der Waals surface area contributed by atoms with Crippen molar-refractivity contribution >= 4 is 23.5 Å². The standard InChI is InChI=1S/C25H37N3O4/c1-18(2)17-20-22(30)28(14-11-21(29)32-24(3,4)5)25(23(31)26-20)12-15-27(16-13-25)19-9-7-6-8-10-19/h6-10,18,20H,11-17H2,1-5H3,(H,26,31). The van der Waals surface area contributed by atoms with Gasteiger partial charge in [0.1, 0.15) is 17.2 Å². The van der Waals surface area contributed by atoms with E-state index in [-0.39, 0.29) is 36.7 Å². The Labute approximate surface area is 191 Å². The molecule has 32 heavy (non-hydrogen) atoms. The van der Waals surface area contributed by atoms with E-state index in [0.29, 0.717) is 32.4 Å². The Morgan fingerprint density at radius 3 is 2.34 bits per heavy atom. The van der Waals surface area contributed by atoms with Crippen LogP contribution in [0.3, 0.4) is 0 Å². The lowest BCUT2D eigenvalue weighted by molar-refractivity contribution is -0.163. The van der Waals surface area contributed by atoms with Crippen LogP contribution in [0.25, 0.3) is 0 Å². The quantitative estimate of drug-likeness (QED) is 0.684. The molecule has 2 aliphatic heterocycles. The Balaban J connectivity index is 1.79. The van der Waals surface area contributed by atoms with Gasteiger partial charge in [0.15, 0.2) is 0 Å². The molecule has 1 aromatic carbocycles. The molecule has 0 radical (unpaired) electrons. The van der Waals surface area contributed by atoms with Gasteiger partial charge in [-0.1, -0.05) is 32.0 Å². The number of ether oxygens (including phenoxy) is 1. The largest absolute Gasteiger partial charge is 0.460 e. The number of benzene rings is 1. The average molecular weight is 444 g/mol. The molecule has 1 N–H and O–H groups in total. The summed E-state index contributed by atoms with van der Waals surface area (Å²) in [4.78, 5) is 43.2. The van der Waals surface area contributed by atoms with Crippen LogP contribution in [-0.4, -0.2) is 59.5 Å². The zero-order valence-electron chi connectivity index (χ0n) is 20.0. The molecule has 1 unspecified atom stereocenters. The molecule has 1 aromatic rings. The second-order valence-electron chi connectivity index (χ2n) is 10.3. The van der Waals surface area contributed by atoms with Crippen LogP contribution < -0.4 is 10.2 Å². The van der Waals surface area contributed by atoms with Crippen molar-refractivity contribution < 1.29 is 19.1 Å². The summed E-state index contributed by atoms with van der Waals surface area (Å²) in [6.45, 7) is 11.1. The molecule has 2 amide bonds. The van der Waals surface area contributed by atoms with E-state index in [0.717, 1.165) is 5.69 Å². The maximum Gasteiger partial charge on any atom is 0.308 e. The zero-order chi connectivity index (χ0) is 23.5. The topological polar surface area (TPSA) is 79.0 Å². The number of amides is 2. The maximum atomic E-state index is 13.5. The fourth-order valence-electron chi connectivity index (χ4n) is 4.70. The molecule has 0 bridgehead atoms. The van der Waals surface area contributed by atoms with Crippen molar-refractivity contribution in [2.45, 2.75) is 77.5 Å². The number of carbonyl (C=O) groups is 3. The molecule has 2 aliphatic rings. The number of hydrogen-bond acceptors (Lipinski definition) is 5. The fourth-order valence-corrected chi connectivity index (χ4v) is 4.70. The first-order chi connectivity index (χ1) is 15.0. The Morgan fingerprint density at radius 2 is 1.78 bits per heavy atom. The summed E-state index contributed by atoms with van der Waals surface area (Å²) in [5.41, 5.74) is -0.389. The molecule has 1 atom stereocenters. The highest BCUT2D eigenvalue weighted by Crippen LogP contribution is 2.35. The van der Waals surface area contributed by atoms with Crippen LogP contribution >= 0.6 is 0 Å². The van der Waals surface area contributed by atoms with E-state index < -0.39 is 17.2 Å². The van der Waals surface area contributed by atoms with E-state index in [9.17, 15) is 14.4 Å². The third-order valence-corrected chi connectivity index (χ3v) is 6.19. The van der Waals surface area contributed by atoms with E-state index in [2.05, 4.69) is 22.3 Å². The van der Waals surface area contributed by atoms with Gasteiger partial charge < -0.3 is 19.9 Å². The summed E-state index contributed by atoms with van der Waals surface area (Å²) < 4.78 is 5.45. The molecule has 2 fully saturated rings. The van der Waals surface area contributed by atoms with Crippen molar-refractivity contribution in [3.05, 3.63) is 30.3 Å². The van der Waals surface area contributed by atoms with Gasteiger partial charge in [0.05, 0.1) is 6.42 Å². The summed E-state index contributed by atoms with van der Waals surface area (Å²) in [5.74, 6) is -0.269. The maximum absolute atomic E-state index is 13.5. The number of carbonyl (C=O) groups excluding carboxylic acids is 3. The molecule has 1 spiro atoms. The Hall–Kier alpha value is -2.57. The van der Waals surface area contributed by atoms with Crippen LogP contribution in [0.15, 0.2) is 30.3 Å². The number of para-hydroxylation sites is 1. The minimum Gasteiger partial charge on any atom is -0.460 e. The van der Waals surface area contributed by atoms with Gasteiger partial charge in [-0.05, 0) is 58.1 Å². The lowest BCUT2D eigenvalue weighted by Gasteiger charge is -2.52. The second kappa shape index (κ2) is 9.51. The Bertz CT molecular complexity index is 823. The molecule has 176 valence electrons. The van der Waals surface area contributed by atoms with E-state index in [1.165, 1.54) is 0 Å². The first kappa shape index (κ1) is 24.1. The first-order valence-electron chi connectivity index (χ1n) is 11.7. The van der Waals surface area contributed by atoms with Crippen LogP contribution in [0, 0.1) is 5.92 Å². The predicted molar refractivity (Wildman–Crippen MR) is 124 cm³/mol. The third kappa shape index (κ3) is 5.43. The lowest BCUT2D eigenvalue weighted by Crippen LogP contribution is -2.73. The number of anilines is 1. The highest BCUT2D eigenvalue weighted by Gasteiger charge is 2.53. The first-order valence-corrected chi connectivity index (χ1v) is 11.7. The number of piperidine rings is 1. The molecular formula is C25H37N3O4. The van der Waals surface area contributed by atoms with Gasteiger partial charge in [0.2, 0.25) is 11.8 Å². The number of hydrogen-bond donors (Lipinski definition) is 1. The molecule has 7 nitrogen and oxygen atoms in total. The molecule has 0 aliphatic carbocycles. The number of nitrogens with zero attached hydrogens (tertiary/aromatic N) is 2. The van der Waals surface area contributed by atoms with Gasteiger partial charge in [-0.15, -0.1) is 0 Å². The van der Waals surface area contributed by atoms with Crippen LogP contribution in [0.2, 0.25) is 0 Å². The van der Waals surface area contributed by atoms with Gasteiger partial charge in [-0.25, -0.2) is 0 Å². The number of nitrogens with one attached hydrogen (secondary N) is 1. The molecule has 3 rings (SSSR count). The van der Waals surface area contributed by atoms with Gasteiger partial charge in [-0.2, -0.15) is 0 Å². The zero-order valence-corrected chi connectivity index (χ0v) is 20.0. The van der Waals surface area contributed by atoms with Gasteiger partial charge in [0.25, 0.3) is 0 Å². The van der Waals surface area contributed by atoms with Crippen molar-refractivity contribution in [1.82, 2.24) is 10.2 Å². The Kier molecular flexibility index (Phi) is 7.16. The predicted octanol–water partition coefficient (Wildman–Crippen LogP) is 3.13. The fraction of sp³-hybridized carbons (Fsp3) is 0.640. The van der Waals surface area contributed by atoms with Crippen LogP contribution in [0.4, 0.5) is 5.69 Å². The molecule has 7 heteroatoms. The van der Waals surface area contributed by atoms with Crippen molar-refractivity contribution in [2.75, 3.05) is 24.5 Å². The van der Waals surface area contributed by atoms with Crippen molar-refractivity contribution in [3.63, 3.8) is 0 Å². The van der Waals surface area contributed by atoms with Gasteiger partial charge in [0, 0.05) is 25.3 Å². The SMILES string of the molecule is CC(C)CC1NC(=O)C2(CCN(c3ccccc3)CC2)N(CCC(=O)OC(C)(C)C)C1=O. The summed E-state index contributed by atoms with van der Waals surface area (Å²) in [6, 6.07) is 9.56. The monoisotopic (exact) mass is 443 g/mol. The van der Waals surface area contributed by atoms with E-state index in [4.69, 9.17) is 4.74 Å². The normalized spacial score (nSPS) is 21.1. The average Bonchev–Trinajstić information content (AvgIpc) is 2.71. The lowest BCUT2D eigenvalue weighted by atomic mass is 9.80. The van der Waals surface area contributed by atoms with Crippen molar-refractivity contribution in [2.24, 2.45) is 5.92 Å². The van der Waals surface area contributed by atoms with Crippen molar-refractivity contribution in [1.29, 1.82) is 0 Å². The molecule has 0 saturated carbocycles. The summed E-state index contributed by atoms with van der Waals surface area (Å²) in [7, 11) is 0. The highest BCUT2D eigenvalue weighted by molar-refractivity contribution is 6.00. The number of piperazine rings is 1. The van der Waals surface area contributed by atoms with E-state index in [1.807, 2.05) is 52.8 Å². The van der Waals surface area contributed by atoms with Crippen LogP contribution in [0.5, 0.6) is 0 Å². The van der Waals surface area contributed by atoms with Crippen LogP contribution in [0.1, 0.15) is 60.3 Å². The summed E-state index contributed by atoms with van der Waals surface area (Å²) >= 11 is 0. The second-order valence-corrected chi connectivity index (χ2v) is 10.3. The number of rotatable bonds is 6. The smallest absolute Gasteiger partial charge is 0.308 e. The minimum atomic E-state index is -0.919. The highest BCUT2D eigenvalue weighted by atomic mass is 16.6.